The first-order chi connectivity index (χ1) is 9.72. The average molecular weight is 274 g/mol. The highest BCUT2D eigenvalue weighted by Crippen LogP contribution is 2.19. The lowest BCUT2D eigenvalue weighted by Crippen LogP contribution is -2.45. The molecule has 2 aliphatic rings. The Balaban J connectivity index is 1.56. The van der Waals surface area contributed by atoms with Crippen LogP contribution in [0.25, 0.3) is 0 Å². The molecule has 2 aliphatic heterocycles. The number of piperidine rings is 1. The van der Waals surface area contributed by atoms with E-state index in [4.69, 9.17) is 4.74 Å². The highest BCUT2D eigenvalue weighted by Gasteiger charge is 2.28. The van der Waals surface area contributed by atoms with E-state index in [9.17, 15) is 4.79 Å². The maximum Gasteiger partial charge on any atom is 0.323 e. The summed E-state index contributed by atoms with van der Waals surface area (Å²) in [6.07, 6.45) is 2.73. The van der Waals surface area contributed by atoms with E-state index in [-0.39, 0.29) is 18.1 Å². The van der Waals surface area contributed by atoms with Gasteiger partial charge in [-0.2, -0.15) is 0 Å². The number of ether oxygens (including phenoxy) is 1. The van der Waals surface area contributed by atoms with Crippen LogP contribution in [0.15, 0.2) is 24.3 Å². The fourth-order valence-corrected chi connectivity index (χ4v) is 2.97. The van der Waals surface area contributed by atoms with Gasteiger partial charge in [0.2, 0.25) is 0 Å². The number of hydrogen-bond acceptors (Lipinski definition) is 4. The molecule has 3 rings (SSSR count). The van der Waals surface area contributed by atoms with E-state index in [0.29, 0.717) is 0 Å². The second-order valence-corrected chi connectivity index (χ2v) is 5.85. The number of benzene rings is 1. The molecule has 1 aromatic carbocycles. The van der Waals surface area contributed by atoms with Gasteiger partial charge in [0.15, 0.2) is 0 Å². The zero-order chi connectivity index (χ0) is 13.9. The molecule has 1 atom stereocenters. The van der Waals surface area contributed by atoms with Gasteiger partial charge in [-0.05, 0) is 37.4 Å². The minimum Gasteiger partial charge on any atom is -0.461 e. The molecule has 0 aromatic heterocycles. The monoisotopic (exact) mass is 274 g/mol. The lowest BCUT2D eigenvalue weighted by molar-refractivity contribution is -0.153. The molecule has 1 N–H and O–H groups in total. The molecular weight excluding hydrogens is 252 g/mol. The molecule has 0 aliphatic carbocycles. The van der Waals surface area contributed by atoms with Gasteiger partial charge < -0.3 is 15.0 Å². The van der Waals surface area contributed by atoms with Crippen molar-refractivity contribution in [1.29, 1.82) is 0 Å². The number of nitrogens with one attached hydrogen (secondary N) is 1. The number of hydrogen-bond donors (Lipinski definition) is 1. The van der Waals surface area contributed by atoms with E-state index in [0.717, 1.165) is 38.9 Å². The highest BCUT2D eigenvalue weighted by atomic mass is 16.5. The van der Waals surface area contributed by atoms with Crippen LogP contribution >= 0.6 is 0 Å². The Morgan fingerprint density at radius 2 is 1.95 bits per heavy atom. The average Bonchev–Trinajstić information content (AvgIpc) is 2.49. The largest absolute Gasteiger partial charge is 0.461 e. The molecule has 0 spiro atoms. The third kappa shape index (κ3) is 3.02. The summed E-state index contributed by atoms with van der Waals surface area (Å²) >= 11 is 0. The van der Waals surface area contributed by atoms with Crippen molar-refractivity contribution in [2.45, 2.75) is 38.0 Å². The van der Waals surface area contributed by atoms with Gasteiger partial charge in [-0.15, -0.1) is 0 Å². The number of esters is 1. The van der Waals surface area contributed by atoms with Crippen LogP contribution in [0.4, 0.5) is 0 Å². The van der Waals surface area contributed by atoms with Gasteiger partial charge >= 0.3 is 5.97 Å². The Labute approximate surface area is 120 Å². The van der Waals surface area contributed by atoms with Gasteiger partial charge in [0.1, 0.15) is 12.1 Å². The Kier molecular flexibility index (Phi) is 4.03. The summed E-state index contributed by atoms with van der Waals surface area (Å²) in [5.74, 6) is -0.0888. The minimum atomic E-state index is -0.190. The molecule has 4 nitrogen and oxygen atoms in total. The Morgan fingerprint density at radius 1 is 1.25 bits per heavy atom. The van der Waals surface area contributed by atoms with Gasteiger partial charge in [-0.3, -0.25) is 4.79 Å². The molecule has 1 aromatic rings. The molecule has 0 bridgehead atoms. The maximum absolute atomic E-state index is 12.3. The Morgan fingerprint density at radius 3 is 2.70 bits per heavy atom. The van der Waals surface area contributed by atoms with Crippen LogP contribution in [0.1, 0.15) is 24.0 Å². The van der Waals surface area contributed by atoms with Crippen LogP contribution < -0.4 is 5.32 Å². The van der Waals surface area contributed by atoms with Crippen molar-refractivity contribution in [2.75, 3.05) is 20.1 Å². The van der Waals surface area contributed by atoms with Gasteiger partial charge in [0.05, 0.1) is 0 Å². The topological polar surface area (TPSA) is 41.6 Å². The number of nitrogens with zero attached hydrogens (tertiary/aromatic N) is 1. The standard InChI is InChI=1S/C16H22N2O2/c1-18-8-6-14(7-9-18)20-16(19)15-10-12-4-2-3-5-13(12)11-17-15/h2-5,14-15,17H,6-11H2,1H3/t15-/m1/s1. The lowest BCUT2D eigenvalue weighted by Gasteiger charge is -2.31. The molecule has 20 heavy (non-hydrogen) atoms. The van der Waals surface area contributed by atoms with Gasteiger partial charge in [-0.25, -0.2) is 0 Å². The van der Waals surface area contributed by atoms with E-state index in [2.05, 4.69) is 29.4 Å². The lowest BCUT2D eigenvalue weighted by atomic mass is 9.96. The third-order valence-corrected chi connectivity index (χ3v) is 4.31. The predicted molar refractivity (Wildman–Crippen MR) is 77.4 cm³/mol. The van der Waals surface area contributed by atoms with Gasteiger partial charge in [0, 0.05) is 19.6 Å². The number of rotatable bonds is 2. The first kappa shape index (κ1) is 13.6. The fourth-order valence-electron chi connectivity index (χ4n) is 2.97. The Hall–Kier alpha value is -1.39. The molecule has 0 saturated carbocycles. The fraction of sp³-hybridized carbons (Fsp3) is 0.562. The van der Waals surface area contributed by atoms with Crippen molar-refractivity contribution in [3.05, 3.63) is 35.4 Å². The summed E-state index contributed by atoms with van der Waals surface area (Å²) in [6, 6.07) is 8.10. The molecule has 2 heterocycles. The third-order valence-electron chi connectivity index (χ3n) is 4.31. The quantitative estimate of drug-likeness (QED) is 0.826. The van der Waals surface area contributed by atoms with Crippen LogP contribution in [0, 0.1) is 0 Å². The van der Waals surface area contributed by atoms with E-state index >= 15 is 0 Å². The second-order valence-electron chi connectivity index (χ2n) is 5.85. The van der Waals surface area contributed by atoms with Crippen molar-refractivity contribution in [1.82, 2.24) is 10.2 Å². The second kappa shape index (κ2) is 5.94. The molecule has 4 heteroatoms. The number of likely N-dealkylation sites (tertiary alicyclic amines) is 1. The van der Waals surface area contributed by atoms with E-state index < -0.39 is 0 Å². The van der Waals surface area contributed by atoms with Crippen LogP contribution in [-0.4, -0.2) is 43.2 Å². The summed E-state index contributed by atoms with van der Waals surface area (Å²) in [7, 11) is 2.11. The molecular formula is C16H22N2O2. The molecule has 0 amide bonds. The smallest absolute Gasteiger partial charge is 0.323 e. The zero-order valence-electron chi connectivity index (χ0n) is 12.0. The predicted octanol–water partition coefficient (Wildman–Crippen LogP) is 1.34. The highest BCUT2D eigenvalue weighted by molar-refractivity contribution is 5.77. The van der Waals surface area contributed by atoms with Crippen molar-refractivity contribution in [3.63, 3.8) is 0 Å². The normalized spacial score (nSPS) is 24.1. The molecule has 0 radical (unpaired) electrons. The van der Waals surface area contributed by atoms with Gasteiger partial charge in [0.25, 0.3) is 0 Å². The van der Waals surface area contributed by atoms with E-state index in [1.54, 1.807) is 0 Å². The molecule has 1 fully saturated rings. The number of carbonyl (C=O) groups is 1. The van der Waals surface area contributed by atoms with Gasteiger partial charge in [-0.1, -0.05) is 24.3 Å². The van der Waals surface area contributed by atoms with Crippen LogP contribution in [-0.2, 0) is 22.5 Å². The van der Waals surface area contributed by atoms with Crippen LogP contribution in [0.3, 0.4) is 0 Å². The summed E-state index contributed by atoms with van der Waals surface area (Å²) < 4.78 is 5.67. The van der Waals surface area contributed by atoms with Crippen molar-refractivity contribution >= 4 is 5.97 Å². The van der Waals surface area contributed by atoms with E-state index in [1.165, 1.54) is 11.1 Å². The van der Waals surface area contributed by atoms with Crippen molar-refractivity contribution in [3.8, 4) is 0 Å². The molecule has 1 saturated heterocycles. The summed E-state index contributed by atoms with van der Waals surface area (Å²) in [4.78, 5) is 14.5. The number of fused-ring (bicyclic) bond motifs is 1. The maximum atomic E-state index is 12.3. The van der Waals surface area contributed by atoms with E-state index in [1.807, 2.05) is 12.1 Å². The van der Waals surface area contributed by atoms with Crippen molar-refractivity contribution < 1.29 is 9.53 Å². The zero-order valence-corrected chi connectivity index (χ0v) is 12.0. The first-order valence-electron chi connectivity index (χ1n) is 7.41. The molecule has 0 unspecified atom stereocenters. The minimum absolute atomic E-state index is 0.0888. The van der Waals surface area contributed by atoms with Crippen molar-refractivity contribution in [2.24, 2.45) is 0 Å². The SMILES string of the molecule is CN1CCC(OC(=O)[C@H]2Cc3ccccc3CN2)CC1. The van der Waals surface area contributed by atoms with Crippen LogP contribution in [0.5, 0.6) is 0 Å². The Bertz CT molecular complexity index is 481. The summed E-state index contributed by atoms with van der Waals surface area (Å²) in [6.45, 7) is 2.78. The first-order valence-corrected chi connectivity index (χ1v) is 7.41. The summed E-state index contributed by atoms with van der Waals surface area (Å²) in [5, 5.41) is 3.29. The molecule has 108 valence electrons. The number of carbonyl (C=O) groups excluding carboxylic acids is 1. The summed E-state index contributed by atoms with van der Waals surface area (Å²) in [5.41, 5.74) is 2.55. The van der Waals surface area contributed by atoms with Crippen LogP contribution in [0.2, 0.25) is 0 Å².